The summed E-state index contributed by atoms with van der Waals surface area (Å²) in [6.45, 7) is 2.86. The van der Waals surface area contributed by atoms with Crippen LogP contribution in [0.25, 0.3) is 0 Å². The summed E-state index contributed by atoms with van der Waals surface area (Å²) in [6.07, 6.45) is 0. The van der Waals surface area contributed by atoms with E-state index in [-0.39, 0.29) is 45.6 Å². The normalized spacial score (nSPS) is 9.78. The molecular formula is C88H76Fe2N8O6P4. The number of benzene rings is 14. The first-order valence-corrected chi connectivity index (χ1v) is 39.8. The van der Waals surface area contributed by atoms with Crippen molar-refractivity contribution in [2.24, 2.45) is 9.03 Å². The van der Waals surface area contributed by atoms with Crippen molar-refractivity contribution in [3.8, 4) is 23.6 Å². The zero-order chi connectivity index (χ0) is 76.4. The smallest absolute Gasteiger partial charge is 0.228 e. The maximum absolute atomic E-state index is 10.3. The summed E-state index contributed by atoms with van der Waals surface area (Å²) in [5.41, 5.74) is 23.0. The largest absolute Gasteiger partial charge is 0.872 e. The van der Waals surface area contributed by atoms with Gasteiger partial charge in [0.1, 0.15) is 68.3 Å². The van der Waals surface area contributed by atoms with Crippen LogP contribution in [-0.2, 0) is 34.1 Å². The van der Waals surface area contributed by atoms with E-state index in [4.69, 9.17) is 61.6 Å². The predicted octanol–water partition coefficient (Wildman–Crippen LogP) is 14.9. The van der Waals surface area contributed by atoms with Crippen LogP contribution < -0.4 is 96.2 Å². The third kappa shape index (κ3) is 24.2. The predicted molar refractivity (Wildman–Crippen MR) is 442 cm³/mol. The van der Waals surface area contributed by atoms with Gasteiger partial charge in [-0.2, -0.15) is 10.5 Å². The first kappa shape index (κ1) is 90.6. The van der Waals surface area contributed by atoms with Gasteiger partial charge in [0.05, 0.1) is 12.1 Å². The molecule has 14 aromatic carbocycles. The van der Waals surface area contributed by atoms with E-state index in [9.17, 15) is 10.2 Å². The number of nitrogens with zero attached hydrogens (tertiary/aromatic N) is 8. The Labute approximate surface area is 655 Å². The summed E-state index contributed by atoms with van der Waals surface area (Å²) < 4.78 is 12.8. The van der Waals surface area contributed by atoms with Crippen LogP contribution in [0, 0.1) is 42.3 Å². The van der Waals surface area contributed by atoms with E-state index < -0.39 is 28.9 Å². The summed E-state index contributed by atoms with van der Waals surface area (Å²) in [7, 11) is -9.99. The van der Waals surface area contributed by atoms with Crippen LogP contribution in [0.3, 0.4) is 0 Å². The molecule has 0 unspecified atom stereocenters. The minimum absolute atomic E-state index is 0. The van der Waals surface area contributed by atoms with Crippen LogP contribution >= 0.6 is 28.9 Å². The molecule has 0 aliphatic heterocycles. The second kappa shape index (κ2) is 51.6. The second-order valence-corrected chi connectivity index (χ2v) is 34.5. The number of nitriles is 2. The average molecular weight is 1580 g/mol. The molecule has 0 fully saturated rings. The maximum Gasteiger partial charge on any atom is 0.228 e. The quantitative estimate of drug-likeness (QED) is 0.0743. The minimum Gasteiger partial charge on any atom is -0.872 e. The van der Waals surface area contributed by atoms with Gasteiger partial charge in [-0.05, 0) is 72.8 Å². The fourth-order valence-corrected chi connectivity index (χ4v) is 30.4. The van der Waals surface area contributed by atoms with Gasteiger partial charge in [-0.25, -0.2) is 0 Å². The van der Waals surface area contributed by atoms with Crippen molar-refractivity contribution >= 4 is 92.6 Å². The molecule has 14 nitrogen and oxygen atoms in total. The van der Waals surface area contributed by atoms with Gasteiger partial charge in [0.2, 0.25) is 14.8 Å². The summed E-state index contributed by atoms with van der Waals surface area (Å²) in [4.78, 5) is 29.0. The van der Waals surface area contributed by atoms with Gasteiger partial charge in [0.15, 0.2) is 0 Å². The van der Waals surface area contributed by atoms with Crippen LogP contribution in [0.5, 0.6) is 11.5 Å². The molecule has 540 valence electrons. The minimum atomic E-state index is -2.50. The standard InChI is InChI=1S/2C36H30NP2.2C6H6O.2C2H3N.2Fe.4NO/c2*1-7-19-31(20-8-1)38(32-21-9-2-10-22-32,33-23-11-3-12-24-33)37-39(34-25-13-4-14-26-34,35-27-15-5-16-28-35)36-29-17-6-18-30-36;2*7-6-4-2-1-3-5-6;2*1-2-3;;;4*1-2/h2*1-30H;2*1-5,7H;2*1H3;;;;;;/q2*+1;;;;;;;;;;/p-2. The fourth-order valence-electron chi connectivity index (χ4n) is 11.4. The Hall–Kier alpha value is -11.6. The van der Waals surface area contributed by atoms with E-state index in [2.05, 4.69) is 364 Å². The van der Waals surface area contributed by atoms with Crippen molar-refractivity contribution in [3.63, 3.8) is 0 Å². The average Bonchev–Trinajstić information content (AvgIpc) is 0.726. The molecule has 0 spiro atoms. The molecule has 4 radical (unpaired) electrons. The van der Waals surface area contributed by atoms with E-state index in [0.29, 0.717) is 0 Å². The molecule has 0 aliphatic rings. The Morgan fingerprint density at radius 3 is 0.426 bits per heavy atom. The number of nitroso groups, excluding NO2 is 4. The topological polar surface area (TPSA) is 276 Å². The number of hydrogen-bond donors (Lipinski definition) is 0. The van der Waals surface area contributed by atoms with E-state index in [1.807, 2.05) is 12.1 Å². The molecule has 0 bridgehead atoms. The van der Waals surface area contributed by atoms with Crippen molar-refractivity contribution in [1.29, 1.82) is 10.5 Å². The molecule has 14 aromatic rings. The number of para-hydroxylation sites is 2. The third-order valence-corrected chi connectivity index (χ3v) is 32.4. The zero-order valence-corrected chi connectivity index (χ0v) is 64.7. The van der Waals surface area contributed by atoms with Gasteiger partial charge >= 0.3 is 0 Å². The van der Waals surface area contributed by atoms with E-state index in [1.54, 1.807) is 36.4 Å². The molecule has 108 heavy (non-hydrogen) atoms. The van der Waals surface area contributed by atoms with Gasteiger partial charge in [-0.15, -0.1) is 40.2 Å². The molecule has 0 N–H and O–H groups in total. The molecule has 0 aliphatic carbocycles. The number of hydrogen-bond acceptors (Lipinski definition) is 10. The SMILES string of the molecule is CC#N.CC#N.[Fe].[Fe].[N]=O.[N]=O.[N]=O.[N]=O.[O-]c1ccccc1.[O-]c1ccccc1.c1ccc(P(=N[P+](c2ccccc2)(c2ccccc2)c2ccccc2)(c2ccccc2)c2ccccc2)cc1.c1ccc(P(=N[P+](c2ccccc2)(c2ccccc2)c2ccccc2)(c2ccccc2)c2ccccc2)cc1. The summed E-state index contributed by atoms with van der Waals surface area (Å²) >= 11 is 0. The first-order chi connectivity index (χ1) is 52.3. The van der Waals surface area contributed by atoms with Gasteiger partial charge in [0, 0.05) is 79.8 Å². The molecule has 0 heterocycles. The molecule has 14 rings (SSSR count). The monoisotopic (exact) mass is 1580 g/mol. The Kier molecular flexibility index (Phi) is 43.3. The number of rotatable bonds is 14. The van der Waals surface area contributed by atoms with Crippen LogP contribution in [0.2, 0.25) is 0 Å². The molecular weight excluding hydrogens is 1500 g/mol. The summed E-state index contributed by atoms with van der Waals surface area (Å²) in [6, 6.07) is 151. The van der Waals surface area contributed by atoms with Crippen LogP contribution in [-0.4, -0.2) is 0 Å². The zero-order valence-electron chi connectivity index (χ0n) is 58.9. The van der Waals surface area contributed by atoms with Crippen molar-refractivity contribution in [2.45, 2.75) is 13.8 Å². The third-order valence-electron chi connectivity index (χ3n) is 15.6. The van der Waals surface area contributed by atoms with Crippen molar-refractivity contribution in [1.82, 2.24) is 22.4 Å². The van der Waals surface area contributed by atoms with Crippen molar-refractivity contribution in [3.05, 3.63) is 444 Å². The van der Waals surface area contributed by atoms with E-state index >= 15 is 0 Å². The Bertz CT molecular complexity index is 4170. The first-order valence-electron chi connectivity index (χ1n) is 32.8. The Morgan fingerprint density at radius 1 is 0.222 bits per heavy atom. The van der Waals surface area contributed by atoms with Crippen molar-refractivity contribution in [2.75, 3.05) is 0 Å². The second-order valence-electron chi connectivity index (χ2n) is 21.8. The summed E-state index contributed by atoms with van der Waals surface area (Å²) in [5.74, 6) is 0.144. The molecule has 0 amide bonds. The molecule has 0 aromatic heterocycles. The Morgan fingerprint density at radius 2 is 0.324 bits per heavy atom. The van der Waals surface area contributed by atoms with E-state index in [1.165, 1.54) is 102 Å². The maximum atomic E-state index is 10.3. The fraction of sp³-hybridized carbons (Fsp3) is 0.0227. The van der Waals surface area contributed by atoms with Gasteiger partial charge in [-0.1, -0.05) is 352 Å². The molecule has 20 heteroatoms. The molecule has 0 saturated carbocycles. The molecule has 0 saturated heterocycles. The van der Waals surface area contributed by atoms with Gasteiger partial charge in [0.25, 0.3) is 0 Å². The van der Waals surface area contributed by atoms with Crippen LogP contribution in [0.1, 0.15) is 13.8 Å². The van der Waals surface area contributed by atoms with Gasteiger partial charge in [-0.3, -0.25) is 0 Å². The summed E-state index contributed by atoms with van der Waals surface area (Å²) in [5, 5.41) is 50.3. The van der Waals surface area contributed by atoms with Crippen LogP contribution in [0.15, 0.2) is 434 Å². The van der Waals surface area contributed by atoms with Crippen LogP contribution in [0.4, 0.5) is 0 Å². The Balaban J connectivity index is 0.000000410. The van der Waals surface area contributed by atoms with E-state index in [0.717, 1.165) is 0 Å². The molecule has 0 atom stereocenters. The van der Waals surface area contributed by atoms with Crippen molar-refractivity contribution < 1.29 is 44.4 Å². The van der Waals surface area contributed by atoms with Gasteiger partial charge < -0.3 is 10.2 Å².